The minimum atomic E-state index is -0.823. The molecule has 0 saturated heterocycles. The van der Waals surface area contributed by atoms with Crippen molar-refractivity contribution in [1.82, 2.24) is 5.32 Å². The van der Waals surface area contributed by atoms with Gasteiger partial charge in [0.05, 0.1) is 5.75 Å². The Balaban J connectivity index is 2.21. The predicted molar refractivity (Wildman–Crippen MR) is 82.2 cm³/mol. The molecule has 0 radical (unpaired) electrons. The van der Waals surface area contributed by atoms with Gasteiger partial charge in [0.15, 0.2) is 0 Å². The number of thioether (sulfide) groups is 1. The van der Waals surface area contributed by atoms with E-state index in [0.29, 0.717) is 18.7 Å². The minimum Gasteiger partial charge on any atom is -0.481 e. The van der Waals surface area contributed by atoms with Crippen LogP contribution in [0.4, 0.5) is 0 Å². The average molecular weight is 295 g/mol. The van der Waals surface area contributed by atoms with Crippen LogP contribution in [-0.2, 0) is 16.0 Å². The van der Waals surface area contributed by atoms with Crippen LogP contribution in [-0.4, -0.2) is 35.0 Å². The van der Waals surface area contributed by atoms with E-state index in [1.807, 2.05) is 0 Å². The summed E-state index contributed by atoms with van der Waals surface area (Å²) in [6.07, 6.45) is 1.20. The van der Waals surface area contributed by atoms with Crippen molar-refractivity contribution in [3.8, 4) is 0 Å². The van der Waals surface area contributed by atoms with Crippen LogP contribution >= 0.6 is 11.8 Å². The first kappa shape index (κ1) is 16.6. The van der Waals surface area contributed by atoms with Crippen molar-refractivity contribution < 1.29 is 14.7 Å². The van der Waals surface area contributed by atoms with E-state index in [1.54, 1.807) is 0 Å². The molecule has 0 heterocycles. The van der Waals surface area contributed by atoms with Gasteiger partial charge in [0.25, 0.3) is 0 Å². The number of carbonyl (C=O) groups is 2. The number of carboxylic acid groups (broad SMARTS) is 1. The molecule has 0 saturated carbocycles. The van der Waals surface area contributed by atoms with Gasteiger partial charge in [-0.15, -0.1) is 11.8 Å². The maximum absolute atomic E-state index is 11.6. The lowest BCUT2D eigenvalue weighted by molar-refractivity contribution is -0.133. The van der Waals surface area contributed by atoms with Gasteiger partial charge in [-0.1, -0.05) is 29.3 Å². The Morgan fingerprint density at radius 1 is 1.20 bits per heavy atom. The van der Waals surface area contributed by atoms with Crippen molar-refractivity contribution in [1.29, 1.82) is 0 Å². The SMILES string of the molecule is Cc1cc(C)cc(CCC(=O)NCCSCC(=O)O)c1. The largest absolute Gasteiger partial charge is 0.481 e. The molecule has 1 amide bonds. The van der Waals surface area contributed by atoms with Crippen molar-refractivity contribution in [2.75, 3.05) is 18.1 Å². The number of rotatable bonds is 8. The molecule has 0 aromatic heterocycles. The van der Waals surface area contributed by atoms with Crippen molar-refractivity contribution in [2.45, 2.75) is 26.7 Å². The first-order valence-corrected chi connectivity index (χ1v) is 7.76. The lowest BCUT2D eigenvalue weighted by atomic mass is 10.0. The molecule has 0 atom stereocenters. The van der Waals surface area contributed by atoms with Gasteiger partial charge in [-0.3, -0.25) is 9.59 Å². The second-order valence-corrected chi connectivity index (χ2v) is 5.90. The molecule has 0 bridgehead atoms. The van der Waals surface area contributed by atoms with Crippen LogP contribution in [0.5, 0.6) is 0 Å². The van der Waals surface area contributed by atoms with Crippen LogP contribution in [0.3, 0.4) is 0 Å². The topological polar surface area (TPSA) is 66.4 Å². The number of amides is 1. The van der Waals surface area contributed by atoms with Gasteiger partial charge in [0.1, 0.15) is 0 Å². The zero-order valence-electron chi connectivity index (χ0n) is 11.9. The molecule has 4 nitrogen and oxygen atoms in total. The minimum absolute atomic E-state index is 0.0140. The van der Waals surface area contributed by atoms with E-state index in [-0.39, 0.29) is 11.7 Å². The summed E-state index contributed by atoms with van der Waals surface area (Å²) >= 11 is 1.31. The number of carbonyl (C=O) groups excluding carboxylic acids is 1. The van der Waals surface area contributed by atoms with Crippen molar-refractivity contribution in [3.05, 3.63) is 34.9 Å². The second-order valence-electron chi connectivity index (χ2n) is 4.79. The van der Waals surface area contributed by atoms with E-state index in [2.05, 4.69) is 37.4 Å². The lowest BCUT2D eigenvalue weighted by Crippen LogP contribution is -2.26. The summed E-state index contributed by atoms with van der Waals surface area (Å²) in [5, 5.41) is 11.3. The molecule has 110 valence electrons. The summed E-state index contributed by atoms with van der Waals surface area (Å²) in [6, 6.07) is 6.31. The summed E-state index contributed by atoms with van der Waals surface area (Å²) in [4.78, 5) is 21.9. The summed E-state index contributed by atoms with van der Waals surface area (Å²) in [5.74, 6) is -0.101. The average Bonchev–Trinajstić information content (AvgIpc) is 2.34. The number of hydrogen-bond donors (Lipinski definition) is 2. The molecule has 0 aliphatic rings. The highest BCUT2D eigenvalue weighted by atomic mass is 32.2. The standard InChI is InChI=1S/C15H21NO3S/c1-11-7-12(2)9-13(8-11)3-4-14(17)16-5-6-20-10-15(18)19/h7-9H,3-6,10H2,1-2H3,(H,16,17)(H,18,19). The normalized spacial score (nSPS) is 10.3. The monoisotopic (exact) mass is 295 g/mol. The maximum Gasteiger partial charge on any atom is 0.313 e. The fourth-order valence-electron chi connectivity index (χ4n) is 1.98. The van der Waals surface area contributed by atoms with Crippen LogP contribution in [0.2, 0.25) is 0 Å². The molecule has 1 aromatic rings. The Morgan fingerprint density at radius 2 is 1.85 bits per heavy atom. The smallest absolute Gasteiger partial charge is 0.313 e. The Hall–Kier alpha value is -1.49. The summed E-state index contributed by atoms with van der Waals surface area (Å²) in [7, 11) is 0. The molecular weight excluding hydrogens is 274 g/mol. The molecule has 0 fully saturated rings. The van der Waals surface area contributed by atoms with E-state index in [4.69, 9.17) is 5.11 Å². The summed E-state index contributed by atoms with van der Waals surface area (Å²) in [5.41, 5.74) is 3.61. The maximum atomic E-state index is 11.6. The van der Waals surface area contributed by atoms with Crippen LogP contribution < -0.4 is 5.32 Å². The lowest BCUT2D eigenvalue weighted by Gasteiger charge is -2.06. The van der Waals surface area contributed by atoms with Crippen molar-refractivity contribution in [3.63, 3.8) is 0 Å². The number of hydrogen-bond acceptors (Lipinski definition) is 3. The van der Waals surface area contributed by atoms with Crippen LogP contribution in [0.25, 0.3) is 0 Å². The van der Waals surface area contributed by atoms with Gasteiger partial charge in [0.2, 0.25) is 5.91 Å². The molecule has 0 unspecified atom stereocenters. The number of aliphatic carboxylic acids is 1. The van der Waals surface area contributed by atoms with Gasteiger partial charge in [-0.25, -0.2) is 0 Å². The Morgan fingerprint density at radius 3 is 2.45 bits per heavy atom. The van der Waals surface area contributed by atoms with E-state index in [1.165, 1.54) is 28.5 Å². The fourth-order valence-corrected chi connectivity index (χ4v) is 2.55. The van der Waals surface area contributed by atoms with Gasteiger partial charge >= 0.3 is 5.97 Å². The van der Waals surface area contributed by atoms with E-state index in [0.717, 1.165) is 6.42 Å². The fraction of sp³-hybridized carbons (Fsp3) is 0.467. The zero-order chi connectivity index (χ0) is 15.0. The first-order valence-electron chi connectivity index (χ1n) is 6.61. The Bertz CT molecular complexity index is 454. The third kappa shape index (κ3) is 7.19. The molecule has 1 aromatic carbocycles. The molecule has 0 spiro atoms. The highest BCUT2D eigenvalue weighted by Gasteiger charge is 2.03. The van der Waals surface area contributed by atoms with Crippen LogP contribution in [0.1, 0.15) is 23.1 Å². The first-order chi connectivity index (χ1) is 9.47. The number of benzene rings is 1. The number of aryl methyl sites for hydroxylation is 3. The molecule has 20 heavy (non-hydrogen) atoms. The van der Waals surface area contributed by atoms with E-state index < -0.39 is 5.97 Å². The third-order valence-corrected chi connectivity index (χ3v) is 3.66. The molecule has 0 aliphatic heterocycles. The third-order valence-electron chi connectivity index (χ3n) is 2.72. The molecule has 2 N–H and O–H groups in total. The van der Waals surface area contributed by atoms with Crippen LogP contribution in [0.15, 0.2) is 18.2 Å². The molecule has 1 rings (SSSR count). The highest BCUT2D eigenvalue weighted by Crippen LogP contribution is 2.10. The molecular formula is C15H21NO3S. The van der Waals surface area contributed by atoms with Crippen LogP contribution in [0, 0.1) is 13.8 Å². The highest BCUT2D eigenvalue weighted by molar-refractivity contribution is 7.99. The van der Waals surface area contributed by atoms with Crippen molar-refractivity contribution >= 4 is 23.6 Å². The second kappa shape index (κ2) is 8.64. The van der Waals surface area contributed by atoms with Gasteiger partial charge in [-0.2, -0.15) is 0 Å². The summed E-state index contributed by atoms with van der Waals surface area (Å²) < 4.78 is 0. The predicted octanol–water partition coefficient (Wildman–Crippen LogP) is 2.17. The van der Waals surface area contributed by atoms with E-state index >= 15 is 0 Å². The van der Waals surface area contributed by atoms with Gasteiger partial charge in [0, 0.05) is 18.7 Å². The van der Waals surface area contributed by atoms with Gasteiger partial charge < -0.3 is 10.4 Å². The Kier molecular flexibility index (Phi) is 7.15. The van der Waals surface area contributed by atoms with E-state index in [9.17, 15) is 9.59 Å². The molecule has 0 aliphatic carbocycles. The summed E-state index contributed by atoms with van der Waals surface area (Å²) in [6.45, 7) is 4.62. The zero-order valence-corrected chi connectivity index (χ0v) is 12.8. The quantitative estimate of drug-likeness (QED) is 0.721. The Labute approximate surface area is 124 Å². The van der Waals surface area contributed by atoms with Crippen molar-refractivity contribution in [2.24, 2.45) is 0 Å². The number of nitrogens with one attached hydrogen (secondary N) is 1. The van der Waals surface area contributed by atoms with Gasteiger partial charge in [-0.05, 0) is 25.8 Å². The molecule has 5 heteroatoms. The number of carboxylic acids is 1.